The minimum absolute atomic E-state index is 0.182. The number of esters is 1. The maximum Gasteiger partial charge on any atom is 0.308 e. The number of benzene rings is 1. The number of nitrogens with zero attached hydrogens (tertiary/aromatic N) is 4. The second-order valence-corrected chi connectivity index (χ2v) is 8.41. The van der Waals surface area contributed by atoms with Crippen molar-refractivity contribution in [2.75, 3.05) is 7.11 Å². The Morgan fingerprint density at radius 2 is 2.06 bits per heavy atom. The molecule has 1 atom stereocenters. The van der Waals surface area contributed by atoms with Crippen LogP contribution < -0.4 is 5.32 Å². The molecule has 1 saturated heterocycles. The van der Waals surface area contributed by atoms with E-state index in [1.807, 2.05) is 0 Å². The maximum atomic E-state index is 13.0. The number of methoxy groups -OCH3 is 1. The lowest BCUT2D eigenvalue weighted by Gasteiger charge is -2.40. The third kappa shape index (κ3) is 3.08. The number of carbonyl (C=O) groups is 4. The fourth-order valence-corrected chi connectivity index (χ4v) is 4.68. The number of nitrogens with one attached hydrogen (secondary N) is 1. The van der Waals surface area contributed by atoms with Gasteiger partial charge >= 0.3 is 5.97 Å². The molecule has 1 saturated carbocycles. The molecule has 1 unspecified atom stereocenters. The van der Waals surface area contributed by atoms with E-state index in [1.54, 1.807) is 24.4 Å². The normalized spacial score (nSPS) is 27.1. The molecule has 1 aromatic carbocycles. The molecule has 11 nitrogen and oxygen atoms in total. The minimum Gasteiger partial charge on any atom is -0.469 e. The highest BCUT2D eigenvalue weighted by atomic mass is 16.5. The Balaban J connectivity index is 1.40. The van der Waals surface area contributed by atoms with E-state index in [-0.39, 0.29) is 55.9 Å². The number of aromatic nitrogens is 3. The molecule has 0 spiro atoms. The Morgan fingerprint density at radius 1 is 1.28 bits per heavy atom. The number of amides is 3. The first kappa shape index (κ1) is 20.3. The van der Waals surface area contributed by atoms with Gasteiger partial charge in [-0.1, -0.05) is 11.3 Å². The van der Waals surface area contributed by atoms with Gasteiger partial charge in [-0.2, -0.15) is 0 Å². The van der Waals surface area contributed by atoms with Crippen molar-refractivity contribution in [3.63, 3.8) is 0 Å². The molecular formula is C21H21N5O6. The highest BCUT2D eigenvalue weighted by Gasteiger charge is 2.50. The predicted octanol–water partition coefficient (Wildman–Crippen LogP) is -0.201. The SMILES string of the molecule is COC(=O)C1CC(O)(c2cn(-c3cccc4c3CN(C3CCC(=O)NC3=O)C4=O)nn2)C1. The molecule has 0 radical (unpaired) electrons. The quantitative estimate of drug-likeness (QED) is 0.492. The van der Waals surface area contributed by atoms with E-state index in [0.717, 1.165) is 0 Å². The molecule has 5 rings (SSSR count). The number of hydrogen-bond donors (Lipinski definition) is 2. The van der Waals surface area contributed by atoms with Crippen LogP contribution in [0.3, 0.4) is 0 Å². The van der Waals surface area contributed by atoms with E-state index in [1.165, 1.54) is 16.7 Å². The lowest BCUT2D eigenvalue weighted by Crippen LogP contribution is -2.52. The molecule has 166 valence electrons. The largest absolute Gasteiger partial charge is 0.469 e. The van der Waals surface area contributed by atoms with E-state index in [2.05, 4.69) is 15.6 Å². The molecule has 0 bridgehead atoms. The van der Waals surface area contributed by atoms with Crippen molar-refractivity contribution >= 4 is 23.7 Å². The Morgan fingerprint density at radius 3 is 2.78 bits per heavy atom. The van der Waals surface area contributed by atoms with Gasteiger partial charge in [-0.25, -0.2) is 4.68 Å². The lowest BCUT2D eigenvalue weighted by atomic mass is 9.69. The van der Waals surface area contributed by atoms with Crippen molar-refractivity contribution in [1.29, 1.82) is 0 Å². The summed E-state index contributed by atoms with van der Waals surface area (Å²) >= 11 is 0. The van der Waals surface area contributed by atoms with Crippen LogP contribution in [-0.2, 0) is 31.3 Å². The molecule has 2 aliphatic heterocycles. The number of rotatable bonds is 4. The van der Waals surface area contributed by atoms with Gasteiger partial charge < -0.3 is 14.7 Å². The minimum atomic E-state index is -1.26. The Labute approximate surface area is 182 Å². The number of aliphatic hydroxyl groups is 1. The van der Waals surface area contributed by atoms with E-state index in [0.29, 0.717) is 22.5 Å². The van der Waals surface area contributed by atoms with Gasteiger partial charge in [0, 0.05) is 24.1 Å². The monoisotopic (exact) mass is 439 g/mol. The Hall–Kier alpha value is -3.60. The van der Waals surface area contributed by atoms with Gasteiger partial charge in [0.15, 0.2) is 0 Å². The van der Waals surface area contributed by atoms with Gasteiger partial charge in [0.1, 0.15) is 17.3 Å². The van der Waals surface area contributed by atoms with Crippen LogP contribution in [0.15, 0.2) is 24.4 Å². The van der Waals surface area contributed by atoms with Crippen LogP contribution in [0, 0.1) is 5.92 Å². The molecule has 2 N–H and O–H groups in total. The second-order valence-electron chi connectivity index (χ2n) is 8.41. The first-order valence-corrected chi connectivity index (χ1v) is 10.3. The standard InChI is InChI=1S/C21H21N5O6/c1-32-20(30)11-7-21(31,8-11)16-10-26(24-23-16)14-4-2-3-12-13(14)9-25(19(12)29)15-5-6-17(27)22-18(15)28/h2-4,10-11,15,31H,5-9H2,1H3,(H,22,27,28). The maximum absolute atomic E-state index is 13.0. The first-order valence-electron chi connectivity index (χ1n) is 10.3. The van der Waals surface area contributed by atoms with Gasteiger partial charge in [0.05, 0.1) is 24.9 Å². The van der Waals surface area contributed by atoms with Gasteiger partial charge in [-0.3, -0.25) is 24.5 Å². The molecule has 2 fully saturated rings. The van der Waals surface area contributed by atoms with Crippen molar-refractivity contribution in [3.8, 4) is 5.69 Å². The van der Waals surface area contributed by atoms with Crippen LogP contribution in [-0.4, -0.2) is 61.8 Å². The van der Waals surface area contributed by atoms with E-state index < -0.39 is 17.6 Å². The summed E-state index contributed by atoms with van der Waals surface area (Å²) in [5, 5.41) is 21.3. The van der Waals surface area contributed by atoms with Crippen molar-refractivity contribution in [2.24, 2.45) is 5.92 Å². The highest BCUT2D eigenvalue weighted by molar-refractivity contribution is 6.05. The smallest absolute Gasteiger partial charge is 0.308 e. The van der Waals surface area contributed by atoms with Crippen molar-refractivity contribution in [3.05, 3.63) is 41.2 Å². The van der Waals surface area contributed by atoms with Crippen molar-refractivity contribution in [2.45, 2.75) is 43.9 Å². The molecular weight excluding hydrogens is 418 g/mol. The third-order valence-corrected chi connectivity index (χ3v) is 6.48. The van der Waals surface area contributed by atoms with Crippen molar-refractivity contribution in [1.82, 2.24) is 25.2 Å². The molecule has 32 heavy (non-hydrogen) atoms. The summed E-state index contributed by atoms with van der Waals surface area (Å²) in [5.74, 6) is -1.84. The summed E-state index contributed by atoms with van der Waals surface area (Å²) in [5.41, 5.74) is 0.825. The Kier molecular flexibility index (Phi) is 4.59. The van der Waals surface area contributed by atoms with Gasteiger partial charge in [0.2, 0.25) is 11.8 Å². The predicted molar refractivity (Wildman–Crippen MR) is 106 cm³/mol. The fraction of sp³-hybridized carbons (Fsp3) is 0.429. The third-order valence-electron chi connectivity index (χ3n) is 6.48. The average molecular weight is 439 g/mol. The molecule has 3 heterocycles. The molecule has 3 aliphatic rings. The number of hydrogen-bond acceptors (Lipinski definition) is 8. The summed E-state index contributed by atoms with van der Waals surface area (Å²) in [7, 11) is 1.31. The molecule has 1 aliphatic carbocycles. The zero-order valence-corrected chi connectivity index (χ0v) is 17.3. The molecule has 2 aromatic rings. The van der Waals surface area contributed by atoms with Gasteiger partial charge in [-0.15, -0.1) is 5.10 Å². The topological polar surface area (TPSA) is 144 Å². The second kappa shape index (κ2) is 7.23. The fourth-order valence-electron chi connectivity index (χ4n) is 4.68. The number of fused-ring (bicyclic) bond motifs is 1. The summed E-state index contributed by atoms with van der Waals surface area (Å²) in [6.45, 7) is 0.195. The van der Waals surface area contributed by atoms with Crippen LogP contribution in [0.1, 0.15) is 47.3 Å². The average Bonchev–Trinajstić information content (AvgIpc) is 3.37. The zero-order chi connectivity index (χ0) is 22.6. The Bertz CT molecular complexity index is 1150. The lowest BCUT2D eigenvalue weighted by molar-refractivity contribution is -0.163. The summed E-state index contributed by atoms with van der Waals surface area (Å²) < 4.78 is 6.20. The van der Waals surface area contributed by atoms with Gasteiger partial charge in [-0.05, 0) is 31.4 Å². The van der Waals surface area contributed by atoms with Crippen LogP contribution in [0.5, 0.6) is 0 Å². The van der Waals surface area contributed by atoms with Gasteiger partial charge in [0.25, 0.3) is 5.91 Å². The van der Waals surface area contributed by atoms with Crippen LogP contribution in [0.4, 0.5) is 0 Å². The van der Waals surface area contributed by atoms with Crippen molar-refractivity contribution < 1.29 is 29.0 Å². The number of imide groups is 1. The number of carbonyl (C=O) groups excluding carboxylic acids is 4. The zero-order valence-electron chi connectivity index (χ0n) is 17.3. The first-order chi connectivity index (χ1) is 15.3. The molecule has 11 heteroatoms. The van der Waals surface area contributed by atoms with E-state index in [9.17, 15) is 24.3 Å². The van der Waals surface area contributed by atoms with Crippen LogP contribution >= 0.6 is 0 Å². The van der Waals surface area contributed by atoms with Crippen LogP contribution in [0.25, 0.3) is 5.69 Å². The molecule has 1 aromatic heterocycles. The summed E-state index contributed by atoms with van der Waals surface area (Å²) in [6, 6.07) is 4.47. The summed E-state index contributed by atoms with van der Waals surface area (Å²) in [4.78, 5) is 49.8. The summed E-state index contributed by atoms with van der Waals surface area (Å²) in [6.07, 6.45) is 2.45. The number of piperidine rings is 1. The van der Waals surface area contributed by atoms with Crippen LogP contribution in [0.2, 0.25) is 0 Å². The number of ether oxygens (including phenoxy) is 1. The van der Waals surface area contributed by atoms with E-state index in [4.69, 9.17) is 4.74 Å². The van der Waals surface area contributed by atoms with E-state index >= 15 is 0 Å². The highest BCUT2D eigenvalue weighted by Crippen LogP contribution is 2.45. The molecule has 3 amide bonds.